The average Bonchev–Trinajstić information content (AvgIpc) is 3.29. The zero-order chi connectivity index (χ0) is 33.4. The van der Waals surface area contributed by atoms with Crippen LogP contribution >= 0.6 is 0 Å². The molecule has 0 heterocycles. The van der Waals surface area contributed by atoms with Gasteiger partial charge >= 0.3 is 11.9 Å². The van der Waals surface area contributed by atoms with Crippen molar-refractivity contribution in [1.82, 2.24) is 5.32 Å². The van der Waals surface area contributed by atoms with E-state index in [0.29, 0.717) is 36.0 Å². The molecule has 5 rings (SSSR count). The highest BCUT2D eigenvalue weighted by Gasteiger charge is 2.71. The molecule has 0 aliphatic heterocycles. The Balaban J connectivity index is 1.40. The van der Waals surface area contributed by atoms with Crippen LogP contribution in [0.25, 0.3) is 0 Å². The topological polar surface area (TPSA) is 92.7 Å². The number of ether oxygens (including phenoxy) is 1. The number of fused-ring (bicyclic) bond motifs is 7. The van der Waals surface area contributed by atoms with E-state index in [-0.39, 0.29) is 57.9 Å². The van der Waals surface area contributed by atoms with E-state index in [1.165, 1.54) is 37.7 Å². The smallest absolute Gasteiger partial charge is 0.306 e. The molecule has 6 heteroatoms. The van der Waals surface area contributed by atoms with E-state index < -0.39 is 11.4 Å². The quantitative estimate of drug-likeness (QED) is 0.208. The van der Waals surface area contributed by atoms with Gasteiger partial charge in [-0.1, -0.05) is 60.6 Å². The van der Waals surface area contributed by atoms with Crippen LogP contribution in [0.15, 0.2) is 12.2 Å². The third kappa shape index (κ3) is 5.40. The van der Waals surface area contributed by atoms with Crippen molar-refractivity contribution in [2.75, 3.05) is 7.05 Å². The van der Waals surface area contributed by atoms with Gasteiger partial charge in [0.25, 0.3) is 0 Å². The Hall–Kier alpha value is -1.85. The zero-order valence-corrected chi connectivity index (χ0v) is 29.9. The van der Waals surface area contributed by atoms with Crippen LogP contribution in [-0.2, 0) is 19.1 Å². The predicted molar refractivity (Wildman–Crippen MR) is 178 cm³/mol. The molecule has 10 atom stereocenters. The SMILES string of the molecule is C=C(C)[C@@H]1CC[C@]2(CC(=O)NC)CC[C@]3(C)[C@H](CCC4[C@@]5(C)CC[C@H](OC(=O)CC(C)(C)CC(=O)O)C(C)(C)C5CC[C@]43C)C12. The first-order valence-electron chi connectivity index (χ1n) is 18.0. The van der Waals surface area contributed by atoms with Crippen molar-refractivity contribution < 1.29 is 24.2 Å². The highest BCUT2D eigenvalue weighted by atomic mass is 16.5. The van der Waals surface area contributed by atoms with E-state index in [9.17, 15) is 19.5 Å². The highest BCUT2D eigenvalue weighted by Crippen LogP contribution is 2.78. The second kappa shape index (κ2) is 11.4. The molecule has 0 bridgehead atoms. The summed E-state index contributed by atoms with van der Waals surface area (Å²) in [4.78, 5) is 37.4. The van der Waals surface area contributed by atoms with Crippen molar-refractivity contribution in [2.45, 2.75) is 145 Å². The lowest BCUT2D eigenvalue weighted by molar-refractivity contribution is -0.250. The standard InChI is InChI=1S/C39H63NO5/c1-24(2)25-13-18-39(21-30(41)40-10)20-19-37(8)26(33(25)39)11-12-28-36(7)16-15-29(35(5,6)27(36)14-17-38(28,37)9)45-32(44)23-34(3,4)22-31(42)43/h25-29,33H,1,11-23H2,2-10H3,(H,40,41)(H,42,43)/t25-,26+,27?,28?,29-,33?,36-,37+,38+,39+/m0/s1. The van der Waals surface area contributed by atoms with Crippen LogP contribution in [0.1, 0.15) is 139 Å². The van der Waals surface area contributed by atoms with Gasteiger partial charge in [-0.2, -0.15) is 0 Å². The fourth-order valence-corrected chi connectivity index (χ4v) is 13.2. The Morgan fingerprint density at radius 1 is 0.867 bits per heavy atom. The lowest BCUT2D eigenvalue weighted by Gasteiger charge is -2.73. The molecule has 254 valence electrons. The van der Waals surface area contributed by atoms with Crippen LogP contribution in [0.3, 0.4) is 0 Å². The van der Waals surface area contributed by atoms with E-state index in [4.69, 9.17) is 4.74 Å². The number of esters is 1. The van der Waals surface area contributed by atoms with Crippen molar-refractivity contribution in [1.29, 1.82) is 0 Å². The predicted octanol–water partition coefficient (Wildman–Crippen LogP) is 8.58. The molecule has 5 aliphatic rings. The van der Waals surface area contributed by atoms with Gasteiger partial charge in [-0.25, -0.2) is 0 Å². The van der Waals surface area contributed by atoms with E-state index >= 15 is 0 Å². The van der Waals surface area contributed by atoms with Gasteiger partial charge in [-0.3, -0.25) is 14.4 Å². The van der Waals surface area contributed by atoms with Crippen molar-refractivity contribution in [3.63, 3.8) is 0 Å². The van der Waals surface area contributed by atoms with Crippen LogP contribution in [0.4, 0.5) is 0 Å². The maximum absolute atomic E-state index is 13.1. The molecule has 0 aromatic heterocycles. The Morgan fingerprint density at radius 2 is 1.56 bits per heavy atom. The van der Waals surface area contributed by atoms with Gasteiger partial charge in [-0.05, 0) is 128 Å². The summed E-state index contributed by atoms with van der Waals surface area (Å²) in [7, 11) is 1.79. The number of nitrogens with one attached hydrogen (secondary N) is 1. The third-order valence-electron chi connectivity index (χ3n) is 15.5. The number of carbonyl (C=O) groups is 3. The van der Waals surface area contributed by atoms with Gasteiger partial charge in [0.15, 0.2) is 0 Å². The molecule has 0 aromatic rings. The molecule has 0 saturated heterocycles. The fourth-order valence-electron chi connectivity index (χ4n) is 13.2. The normalized spacial score (nSPS) is 43.6. The first-order chi connectivity index (χ1) is 20.8. The fraction of sp³-hybridized carbons (Fsp3) is 0.872. The zero-order valence-electron chi connectivity index (χ0n) is 29.9. The van der Waals surface area contributed by atoms with Crippen LogP contribution in [-0.4, -0.2) is 36.1 Å². The number of aliphatic carboxylic acids is 1. The molecule has 6 nitrogen and oxygen atoms in total. The van der Waals surface area contributed by atoms with Gasteiger partial charge in [0.05, 0.1) is 12.8 Å². The number of hydrogen-bond acceptors (Lipinski definition) is 4. The van der Waals surface area contributed by atoms with E-state index in [1.54, 1.807) is 7.05 Å². The van der Waals surface area contributed by atoms with Gasteiger partial charge in [0.1, 0.15) is 6.10 Å². The summed E-state index contributed by atoms with van der Waals surface area (Å²) >= 11 is 0. The molecule has 45 heavy (non-hydrogen) atoms. The number of carboxylic acids is 1. The van der Waals surface area contributed by atoms with Gasteiger partial charge < -0.3 is 15.2 Å². The van der Waals surface area contributed by atoms with Gasteiger partial charge in [0, 0.05) is 18.9 Å². The monoisotopic (exact) mass is 625 g/mol. The highest BCUT2D eigenvalue weighted by molar-refractivity contribution is 5.76. The summed E-state index contributed by atoms with van der Waals surface area (Å²) in [5.41, 5.74) is 1.26. The average molecular weight is 626 g/mol. The van der Waals surface area contributed by atoms with Crippen LogP contribution in [0.5, 0.6) is 0 Å². The molecular formula is C39H63NO5. The van der Waals surface area contributed by atoms with Crippen molar-refractivity contribution in [2.24, 2.45) is 62.1 Å². The Morgan fingerprint density at radius 3 is 2.18 bits per heavy atom. The van der Waals surface area contributed by atoms with Crippen molar-refractivity contribution >= 4 is 17.8 Å². The van der Waals surface area contributed by atoms with E-state index in [2.05, 4.69) is 53.4 Å². The largest absolute Gasteiger partial charge is 0.481 e. The summed E-state index contributed by atoms with van der Waals surface area (Å²) in [6, 6.07) is 0. The molecule has 5 aliphatic carbocycles. The number of carbonyl (C=O) groups excluding carboxylic acids is 2. The number of hydrogen-bond donors (Lipinski definition) is 2. The minimum atomic E-state index is -0.881. The maximum atomic E-state index is 13.1. The molecule has 5 fully saturated rings. The molecule has 0 spiro atoms. The molecule has 2 N–H and O–H groups in total. The van der Waals surface area contributed by atoms with Crippen LogP contribution in [0, 0.1) is 62.1 Å². The molecule has 3 unspecified atom stereocenters. The maximum Gasteiger partial charge on any atom is 0.306 e. The molecular weight excluding hydrogens is 562 g/mol. The lowest BCUT2D eigenvalue weighted by Crippen LogP contribution is -2.67. The number of allylic oxidation sites excluding steroid dienone is 1. The first-order valence-corrected chi connectivity index (χ1v) is 18.0. The van der Waals surface area contributed by atoms with E-state index in [1.807, 2.05) is 13.8 Å². The van der Waals surface area contributed by atoms with Gasteiger partial charge in [-0.15, -0.1) is 0 Å². The van der Waals surface area contributed by atoms with E-state index in [0.717, 1.165) is 32.1 Å². The minimum Gasteiger partial charge on any atom is -0.481 e. The summed E-state index contributed by atoms with van der Waals surface area (Å²) in [6.45, 7) is 22.9. The second-order valence-electron chi connectivity index (χ2n) is 18.6. The molecule has 0 radical (unpaired) electrons. The van der Waals surface area contributed by atoms with Gasteiger partial charge in [0.2, 0.25) is 5.91 Å². The second-order valence-corrected chi connectivity index (χ2v) is 18.6. The molecule has 0 aromatic carbocycles. The Kier molecular flexibility index (Phi) is 8.73. The number of rotatable bonds is 8. The van der Waals surface area contributed by atoms with Crippen LogP contribution < -0.4 is 5.32 Å². The van der Waals surface area contributed by atoms with Crippen LogP contribution in [0.2, 0.25) is 0 Å². The van der Waals surface area contributed by atoms with Crippen molar-refractivity contribution in [3.8, 4) is 0 Å². The summed E-state index contributed by atoms with van der Waals surface area (Å²) in [5.74, 6) is 1.79. The molecule has 5 saturated carbocycles. The minimum absolute atomic E-state index is 0.0439. The summed E-state index contributed by atoms with van der Waals surface area (Å²) in [5, 5.41) is 12.3. The number of carboxylic acid groups (broad SMARTS) is 1. The molecule has 1 amide bonds. The third-order valence-corrected chi connectivity index (χ3v) is 15.5. The first kappa shape index (κ1) is 34.5. The Bertz CT molecular complexity index is 1220. The van der Waals surface area contributed by atoms with Crippen molar-refractivity contribution in [3.05, 3.63) is 12.2 Å². The Labute approximate surface area is 273 Å². The number of amides is 1. The lowest BCUT2D eigenvalue weighted by atomic mass is 9.32. The summed E-state index contributed by atoms with van der Waals surface area (Å²) in [6.07, 6.45) is 12.0. The summed E-state index contributed by atoms with van der Waals surface area (Å²) < 4.78 is 6.25.